The molecule has 1 aliphatic rings. The van der Waals surface area contributed by atoms with Crippen molar-refractivity contribution in [2.24, 2.45) is 5.92 Å². The van der Waals surface area contributed by atoms with Gasteiger partial charge in [0.25, 0.3) is 0 Å². The molecule has 104 valence electrons. The summed E-state index contributed by atoms with van der Waals surface area (Å²) in [5.74, 6) is 0.544. The molecule has 4 nitrogen and oxygen atoms in total. The van der Waals surface area contributed by atoms with Crippen LogP contribution in [0.25, 0.3) is 0 Å². The zero-order valence-electron chi connectivity index (χ0n) is 11.3. The lowest BCUT2D eigenvalue weighted by Gasteiger charge is -2.33. The van der Waals surface area contributed by atoms with Crippen LogP contribution in [-0.2, 0) is 4.79 Å². The van der Waals surface area contributed by atoms with E-state index in [0.717, 1.165) is 31.7 Å². The van der Waals surface area contributed by atoms with Crippen LogP contribution < -0.4 is 9.64 Å². The van der Waals surface area contributed by atoms with Gasteiger partial charge in [0.1, 0.15) is 5.75 Å². The van der Waals surface area contributed by atoms with Gasteiger partial charge in [0.2, 0.25) is 0 Å². The smallest absolute Gasteiger partial charge is 0.303 e. The van der Waals surface area contributed by atoms with Crippen molar-refractivity contribution in [2.45, 2.75) is 26.2 Å². The molecule has 0 unspecified atom stereocenters. The highest BCUT2D eigenvalue weighted by Crippen LogP contribution is 2.26. The number of hydrogen-bond donors (Lipinski definition) is 1. The number of hydrogen-bond acceptors (Lipinski definition) is 3. The molecule has 19 heavy (non-hydrogen) atoms. The first-order valence-corrected chi connectivity index (χ1v) is 6.88. The summed E-state index contributed by atoms with van der Waals surface area (Å²) in [5.41, 5.74) is 1.19. The van der Waals surface area contributed by atoms with Crippen LogP contribution in [0.15, 0.2) is 24.3 Å². The molecule has 0 bridgehead atoms. The number of rotatable bonds is 5. The maximum Gasteiger partial charge on any atom is 0.303 e. The van der Waals surface area contributed by atoms with Crippen LogP contribution in [0.4, 0.5) is 5.69 Å². The average molecular weight is 263 g/mol. The quantitative estimate of drug-likeness (QED) is 0.887. The summed E-state index contributed by atoms with van der Waals surface area (Å²) in [4.78, 5) is 13.0. The number of nitrogens with zero attached hydrogens (tertiary/aromatic N) is 1. The van der Waals surface area contributed by atoms with Crippen molar-refractivity contribution in [3.63, 3.8) is 0 Å². The second-order valence-electron chi connectivity index (χ2n) is 4.96. The number of benzene rings is 1. The maximum atomic E-state index is 10.7. The Labute approximate surface area is 114 Å². The number of piperidine rings is 1. The normalized spacial score (nSPS) is 16.4. The zero-order valence-corrected chi connectivity index (χ0v) is 11.3. The van der Waals surface area contributed by atoms with Crippen LogP contribution in [0.1, 0.15) is 26.2 Å². The minimum Gasteiger partial charge on any atom is -0.494 e. The molecule has 0 aromatic heterocycles. The molecule has 1 heterocycles. The molecule has 1 aromatic carbocycles. The van der Waals surface area contributed by atoms with Gasteiger partial charge in [-0.05, 0) is 49.9 Å². The van der Waals surface area contributed by atoms with Crippen molar-refractivity contribution in [3.8, 4) is 5.75 Å². The molecular formula is C15H21NO3. The van der Waals surface area contributed by atoms with Crippen LogP contribution in [0.5, 0.6) is 5.75 Å². The molecule has 0 atom stereocenters. The highest BCUT2D eigenvalue weighted by Gasteiger charge is 2.21. The van der Waals surface area contributed by atoms with Gasteiger partial charge in [-0.2, -0.15) is 0 Å². The number of carboxylic acids is 1. The molecular weight excluding hydrogens is 242 g/mol. The van der Waals surface area contributed by atoms with Gasteiger partial charge in [-0.3, -0.25) is 4.79 Å². The highest BCUT2D eigenvalue weighted by atomic mass is 16.5. The number of carboxylic acid groups (broad SMARTS) is 1. The third-order valence-corrected chi connectivity index (χ3v) is 3.59. The first kappa shape index (κ1) is 13.7. The van der Waals surface area contributed by atoms with Crippen molar-refractivity contribution in [2.75, 3.05) is 24.6 Å². The molecule has 1 fully saturated rings. The first-order chi connectivity index (χ1) is 9.19. The average Bonchev–Trinajstić information content (AvgIpc) is 2.40. The summed E-state index contributed by atoms with van der Waals surface area (Å²) in [5, 5.41) is 8.80. The van der Waals surface area contributed by atoms with E-state index in [1.807, 2.05) is 19.1 Å². The molecule has 0 spiro atoms. The second kappa shape index (κ2) is 6.45. The number of carbonyl (C=O) groups is 1. The Morgan fingerprint density at radius 1 is 1.32 bits per heavy atom. The van der Waals surface area contributed by atoms with Gasteiger partial charge in [-0.1, -0.05) is 0 Å². The molecule has 1 aromatic rings. The highest BCUT2D eigenvalue weighted by molar-refractivity contribution is 5.67. The fraction of sp³-hybridized carbons (Fsp3) is 0.533. The molecule has 2 rings (SSSR count). The fourth-order valence-electron chi connectivity index (χ4n) is 2.56. The minimum absolute atomic E-state index is 0.303. The topological polar surface area (TPSA) is 49.8 Å². The largest absolute Gasteiger partial charge is 0.494 e. The lowest BCUT2D eigenvalue weighted by Crippen LogP contribution is -2.34. The molecule has 0 amide bonds. The van der Waals surface area contributed by atoms with E-state index in [0.29, 0.717) is 18.9 Å². The van der Waals surface area contributed by atoms with Gasteiger partial charge in [-0.25, -0.2) is 0 Å². The zero-order chi connectivity index (χ0) is 13.7. The van der Waals surface area contributed by atoms with Crippen molar-refractivity contribution in [1.29, 1.82) is 0 Å². The van der Waals surface area contributed by atoms with Crippen LogP contribution in [0.3, 0.4) is 0 Å². The summed E-state index contributed by atoms with van der Waals surface area (Å²) in [6.45, 7) is 4.53. The maximum absolute atomic E-state index is 10.7. The van der Waals surface area contributed by atoms with Gasteiger partial charge in [0.15, 0.2) is 0 Å². The Bertz CT molecular complexity index is 408. The summed E-state index contributed by atoms with van der Waals surface area (Å²) in [6.07, 6.45) is 2.22. The van der Waals surface area contributed by atoms with Crippen LogP contribution in [0.2, 0.25) is 0 Å². The molecule has 4 heteroatoms. The predicted octanol–water partition coefficient (Wildman–Crippen LogP) is 2.78. The monoisotopic (exact) mass is 263 g/mol. The molecule has 0 aliphatic carbocycles. The summed E-state index contributed by atoms with van der Waals surface area (Å²) >= 11 is 0. The van der Waals surface area contributed by atoms with E-state index in [2.05, 4.69) is 17.0 Å². The number of aliphatic carboxylic acids is 1. The number of ether oxygens (including phenoxy) is 1. The van der Waals surface area contributed by atoms with Crippen LogP contribution in [-0.4, -0.2) is 30.8 Å². The van der Waals surface area contributed by atoms with E-state index >= 15 is 0 Å². The third-order valence-electron chi connectivity index (χ3n) is 3.59. The van der Waals surface area contributed by atoms with E-state index in [-0.39, 0.29) is 0 Å². The van der Waals surface area contributed by atoms with E-state index in [1.54, 1.807) is 0 Å². The Morgan fingerprint density at radius 2 is 1.95 bits per heavy atom. The first-order valence-electron chi connectivity index (χ1n) is 6.88. The molecule has 1 N–H and O–H groups in total. The third kappa shape index (κ3) is 3.88. The minimum atomic E-state index is -0.681. The molecule has 0 saturated carbocycles. The van der Waals surface area contributed by atoms with E-state index in [4.69, 9.17) is 9.84 Å². The Morgan fingerprint density at radius 3 is 2.47 bits per heavy atom. The Kier molecular flexibility index (Phi) is 4.66. The van der Waals surface area contributed by atoms with Crippen LogP contribution >= 0.6 is 0 Å². The van der Waals surface area contributed by atoms with Gasteiger partial charge in [0, 0.05) is 25.2 Å². The predicted molar refractivity (Wildman–Crippen MR) is 74.8 cm³/mol. The fourth-order valence-corrected chi connectivity index (χ4v) is 2.56. The van der Waals surface area contributed by atoms with Gasteiger partial charge >= 0.3 is 5.97 Å². The van der Waals surface area contributed by atoms with Crippen molar-refractivity contribution in [1.82, 2.24) is 0 Å². The SMILES string of the molecule is CCOc1ccc(N2CCC(CC(=O)O)CC2)cc1. The molecule has 1 aliphatic heterocycles. The lowest BCUT2D eigenvalue weighted by atomic mass is 9.93. The van der Waals surface area contributed by atoms with Crippen molar-refractivity contribution >= 4 is 11.7 Å². The second-order valence-corrected chi connectivity index (χ2v) is 4.96. The summed E-state index contributed by atoms with van der Waals surface area (Å²) in [6, 6.07) is 8.12. The Balaban J connectivity index is 1.88. The van der Waals surface area contributed by atoms with Crippen LogP contribution in [0, 0.1) is 5.92 Å². The van der Waals surface area contributed by atoms with Crippen molar-refractivity contribution in [3.05, 3.63) is 24.3 Å². The molecule has 0 radical (unpaired) electrons. The van der Waals surface area contributed by atoms with Gasteiger partial charge in [-0.15, -0.1) is 0 Å². The number of anilines is 1. The summed E-state index contributed by atoms with van der Waals surface area (Å²) < 4.78 is 5.43. The van der Waals surface area contributed by atoms with E-state index < -0.39 is 5.97 Å². The van der Waals surface area contributed by atoms with Crippen molar-refractivity contribution < 1.29 is 14.6 Å². The Hall–Kier alpha value is -1.71. The van der Waals surface area contributed by atoms with E-state index in [1.165, 1.54) is 5.69 Å². The molecule has 1 saturated heterocycles. The standard InChI is InChI=1S/C15H21NO3/c1-2-19-14-5-3-13(4-6-14)16-9-7-12(8-10-16)11-15(17)18/h3-6,12H,2,7-11H2,1H3,(H,17,18). The van der Waals surface area contributed by atoms with Gasteiger partial charge in [0.05, 0.1) is 6.61 Å². The van der Waals surface area contributed by atoms with Gasteiger partial charge < -0.3 is 14.7 Å². The van der Waals surface area contributed by atoms with E-state index in [9.17, 15) is 4.79 Å². The summed E-state index contributed by atoms with van der Waals surface area (Å²) in [7, 11) is 0. The lowest BCUT2D eigenvalue weighted by molar-refractivity contribution is -0.138.